The molecule has 2 aromatic rings. The molecule has 2 heterocycles. The highest BCUT2D eigenvalue weighted by molar-refractivity contribution is 5.78. The zero-order chi connectivity index (χ0) is 16.2. The zero-order valence-corrected chi connectivity index (χ0v) is 11.9. The Kier molecular flexibility index (Phi) is 4.42. The minimum absolute atomic E-state index is 0.0709. The summed E-state index contributed by atoms with van der Waals surface area (Å²) in [7, 11) is 0. The molecule has 122 valence electrons. The number of ether oxygens (including phenoxy) is 2. The van der Waals surface area contributed by atoms with E-state index in [1.165, 1.54) is 11.0 Å². The van der Waals surface area contributed by atoms with Crippen LogP contribution in [-0.4, -0.2) is 57.8 Å². The summed E-state index contributed by atoms with van der Waals surface area (Å²) in [5, 5.41) is 13.5. The smallest absolute Gasteiger partial charge is 0.261 e. The van der Waals surface area contributed by atoms with Gasteiger partial charge in [-0.25, -0.2) is 8.78 Å². The van der Waals surface area contributed by atoms with E-state index in [2.05, 4.69) is 20.6 Å². The molecule has 1 unspecified atom stereocenters. The van der Waals surface area contributed by atoms with E-state index >= 15 is 0 Å². The Morgan fingerprint density at radius 3 is 3.04 bits per heavy atom. The third-order valence-electron chi connectivity index (χ3n) is 3.36. The molecular formula is C13H13F2N5O3. The number of hydrogen-bond acceptors (Lipinski definition) is 6. The molecule has 1 aromatic heterocycles. The Labute approximate surface area is 129 Å². The van der Waals surface area contributed by atoms with Gasteiger partial charge >= 0.3 is 0 Å². The van der Waals surface area contributed by atoms with Gasteiger partial charge in [-0.05, 0) is 12.1 Å². The minimum Gasteiger partial charge on any atom is -0.484 e. The average molecular weight is 325 g/mol. The molecule has 0 saturated carbocycles. The molecule has 23 heavy (non-hydrogen) atoms. The topological polar surface area (TPSA) is 93.2 Å². The van der Waals surface area contributed by atoms with Crippen LogP contribution in [0.2, 0.25) is 0 Å². The summed E-state index contributed by atoms with van der Waals surface area (Å²) in [4.78, 5) is 13.8. The van der Waals surface area contributed by atoms with E-state index in [-0.39, 0.29) is 24.9 Å². The van der Waals surface area contributed by atoms with Crippen LogP contribution in [0.3, 0.4) is 0 Å². The number of carbonyl (C=O) groups is 1. The second kappa shape index (κ2) is 6.65. The summed E-state index contributed by atoms with van der Waals surface area (Å²) >= 11 is 0. The number of benzene rings is 1. The van der Waals surface area contributed by atoms with Crippen molar-refractivity contribution in [2.45, 2.75) is 6.04 Å². The molecule has 1 fully saturated rings. The van der Waals surface area contributed by atoms with E-state index in [0.29, 0.717) is 19.0 Å². The fourth-order valence-electron chi connectivity index (χ4n) is 2.22. The lowest BCUT2D eigenvalue weighted by Gasteiger charge is -2.33. The number of rotatable bonds is 4. The Balaban J connectivity index is 1.65. The van der Waals surface area contributed by atoms with Gasteiger partial charge < -0.3 is 14.4 Å². The molecule has 1 aromatic carbocycles. The van der Waals surface area contributed by atoms with Crippen LogP contribution in [0.15, 0.2) is 18.2 Å². The molecule has 0 aliphatic carbocycles. The maximum atomic E-state index is 13.1. The standard InChI is InChI=1S/C13H13F2N5O3/c14-9-2-1-8(5-10(9)15)23-7-12(21)20-3-4-22-6-11(20)13-16-18-19-17-13/h1-2,5,11H,3-4,6-7H2,(H,16,17,18,19). The second-order valence-corrected chi connectivity index (χ2v) is 4.81. The summed E-state index contributed by atoms with van der Waals surface area (Å²) in [6.45, 7) is 0.653. The van der Waals surface area contributed by atoms with E-state index in [4.69, 9.17) is 9.47 Å². The Morgan fingerprint density at radius 1 is 1.43 bits per heavy atom. The number of carbonyl (C=O) groups excluding carboxylic acids is 1. The van der Waals surface area contributed by atoms with E-state index in [1.807, 2.05) is 0 Å². The third kappa shape index (κ3) is 3.42. The first-order valence-corrected chi connectivity index (χ1v) is 6.83. The number of nitrogens with zero attached hydrogens (tertiary/aromatic N) is 4. The van der Waals surface area contributed by atoms with Gasteiger partial charge in [-0.2, -0.15) is 5.21 Å². The monoisotopic (exact) mass is 325 g/mol. The van der Waals surface area contributed by atoms with Crippen molar-refractivity contribution in [2.75, 3.05) is 26.4 Å². The highest BCUT2D eigenvalue weighted by Gasteiger charge is 2.31. The number of aromatic nitrogens is 4. The number of halogens is 2. The molecular weight excluding hydrogens is 312 g/mol. The summed E-state index contributed by atoms with van der Waals surface area (Å²) in [5.41, 5.74) is 0. The SMILES string of the molecule is O=C(COc1ccc(F)c(F)c1)N1CCOCC1c1nn[nH]n1. The lowest BCUT2D eigenvalue weighted by molar-refractivity contribution is -0.142. The van der Waals surface area contributed by atoms with Gasteiger partial charge in [0, 0.05) is 12.6 Å². The van der Waals surface area contributed by atoms with Crippen LogP contribution in [0.1, 0.15) is 11.9 Å². The van der Waals surface area contributed by atoms with Crippen molar-refractivity contribution < 1.29 is 23.0 Å². The van der Waals surface area contributed by atoms with Gasteiger partial charge in [0.2, 0.25) is 0 Å². The average Bonchev–Trinajstić information content (AvgIpc) is 3.10. The minimum atomic E-state index is -1.04. The normalized spacial score (nSPS) is 18.0. The van der Waals surface area contributed by atoms with Gasteiger partial charge in [0.25, 0.3) is 5.91 Å². The summed E-state index contributed by atoms with van der Waals surface area (Å²) in [5.74, 6) is -1.94. The molecule has 0 bridgehead atoms. The number of nitrogens with one attached hydrogen (secondary N) is 1. The van der Waals surface area contributed by atoms with E-state index in [9.17, 15) is 13.6 Å². The molecule has 8 nitrogen and oxygen atoms in total. The molecule has 3 rings (SSSR count). The van der Waals surface area contributed by atoms with E-state index in [0.717, 1.165) is 12.1 Å². The first-order chi connectivity index (χ1) is 11.1. The summed E-state index contributed by atoms with van der Waals surface area (Å²) < 4.78 is 36.5. The largest absolute Gasteiger partial charge is 0.484 e. The number of hydrogen-bond donors (Lipinski definition) is 1. The zero-order valence-electron chi connectivity index (χ0n) is 11.9. The molecule has 1 aliphatic heterocycles. The van der Waals surface area contributed by atoms with Crippen molar-refractivity contribution in [2.24, 2.45) is 0 Å². The maximum absolute atomic E-state index is 13.1. The van der Waals surface area contributed by atoms with Gasteiger partial charge in [-0.1, -0.05) is 5.21 Å². The molecule has 1 atom stereocenters. The van der Waals surface area contributed by atoms with E-state index < -0.39 is 17.7 Å². The van der Waals surface area contributed by atoms with Crippen molar-refractivity contribution in [1.82, 2.24) is 25.5 Å². The van der Waals surface area contributed by atoms with Crippen LogP contribution < -0.4 is 4.74 Å². The Bertz CT molecular complexity index is 682. The highest BCUT2D eigenvalue weighted by atomic mass is 19.2. The van der Waals surface area contributed by atoms with Crippen LogP contribution in [0.4, 0.5) is 8.78 Å². The van der Waals surface area contributed by atoms with E-state index in [1.54, 1.807) is 0 Å². The summed E-state index contributed by atoms with van der Waals surface area (Å²) in [6.07, 6.45) is 0. The lowest BCUT2D eigenvalue weighted by atomic mass is 10.2. The quantitative estimate of drug-likeness (QED) is 0.878. The first kappa shape index (κ1) is 15.3. The number of tetrazole rings is 1. The molecule has 10 heteroatoms. The number of morpholine rings is 1. The Morgan fingerprint density at radius 2 is 2.30 bits per heavy atom. The van der Waals surface area contributed by atoms with Crippen molar-refractivity contribution >= 4 is 5.91 Å². The number of aromatic amines is 1. The third-order valence-corrected chi connectivity index (χ3v) is 3.36. The molecule has 1 aliphatic rings. The van der Waals surface area contributed by atoms with Gasteiger partial charge in [0.15, 0.2) is 24.1 Å². The van der Waals surface area contributed by atoms with Gasteiger partial charge in [-0.3, -0.25) is 4.79 Å². The first-order valence-electron chi connectivity index (χ1n) is 6.83. The van der Waals surface area contributed by atoms with Gasteiger partial charge in [0.05, 0.1) is 13.2 Å². The maximum Gasteiger partial charge on any atom is 0.261 e. The fraction of sp³-hybridized carbons (Fsp3) is 0.385. The molecule has 0 spiro atoms. The van der Waals surface area contributed by atoms with Gasteiger partial charge in [0.1, 0.15) is 11.8 Å². The second-order valence-electron chi connectivity index (χ2n) is 4.81. The van der Waals surface area contributed by atoms with Gasteiger partial charge in [-0.15, -0.1) is 10.2 Å². The highest BCUT2D eigenvalue weighted by Crippen LogP contribution is 2.21. The predicted octanol–water partition coefficient (Wildman–Crippen LogP) is 0.457. The lowest BCUT2D eigenvalue weighted by Crippen LogP contribution is -2.45. The van der Waals surface area contributed by atoms with Crippen LogP contribution in [0, 0.1) is 11.6 Å². The number of amides is 1. The molecule has 0 radical (unpaired) electrons. The van der Waals surface area contributed by atoms with Crippen molar-refractivity contribution in [1.29, 1.82) is 0 Å². The Hall–Kier alpha value is -2.62. The predicted molar refractivity (Wildman–Crippen MR) is 71.3 cm³/mol. The van der Waals surface area contributed by atoms with Crippen LogP contribution >= 0.6 is 0 Å². The van der Waals surface area contributed by atoms with Crippen molar-refractivity contribution in [3.8, 4) is 5.75 Å². The van der Waals surface area contributed by atoms with Crippen molar-refractivity contribution in [3.05, 3.63) is 35.7 Å². The number of H-pyrrole nitrogens is 1. The molecule has 1 saturated heterocycles. The fourth-order valence-corrected chi connectivity index (χ4v) is 2.22. The van der Waals surface area contributed by atoms with Crippen LogP contribution in [0.5, 0.6) is 5.75 Å². The van der Waals surface area contributed by atoms with Crippen LogP contribution in [-0.2, 0) is 9.53 Å². The molecule has 1 N–H and O–H groups in total. The summed E-state index contributed by atoms with van der Waals surface area (Å²) in [6, 6.07) is 2.61. The van der Waals surface area contributed by atoms with Crippen LogP contribution in [0.25, 0.3) is 0 Å². The van der Waals surface area contributed by atoms with Crippen molar-refractivity contribution in [3.63, 3.8) is 0 Å². The molecule has 1 amide bonds.